The van der Waals surface area contributed by atoms with Crippen LogP contribution in [0.5, 0.6) is 5.75 Å². The molecule has 3 rings (SSSR count). The second-order valence-corrected chi connectivity index (χ2v) is 6.77. The Bertz CT molecular complexity index is 892. The smallest absolute Gasteiger partial charge is 0.258 e. The predicted molar refractivity (Wildman–Crippen MR) is 112 cm³/mol. The molecule has 0 unspecified atom stereocenters. The fourth-order valence-electron chi connectivity index (χ4n) is 2.32. The van der Waals surface area contributed by atoms with Crippen LogP contribution in [0.15, 0.2) is 88.3 Å². The minimum atomic E-state index is -0.153. The maximum absolute atomic E-state index is 11.9. The highest BCUT2D eigenvalue weighted by molar-refractivity contribution is 9.10. The first kappa shape index (κ1) is 18.9. The van der Waals surface area contributed by atoms with Gasteiger partial charge in [0, 0.05) is 17.2 Å². The molecule has 5 heteroatoms. The number of carbonyl (C=O) groups excluding carboxylic acids is 1. The van der Waals surface area contributed by atoms with Crippen molar-refractivity contribution in [1.82, 2.24) is 5.32 Å². The van der Waals surface area contributed by atoms with E-state index in [1.807, 2.05) is 78.9 Å². The van der Waals surface area contributed by atoms with Crippen molar-refractivity contribution in [3.8, 4) is 5.75 Å². The number of hydrogen-bond donors (Lipinski definition) is 1. The summed E-state index contributed by atoms with van der Waals surface area (Å²) in [4.78, 5) is 16.3. The molecule has 0 aromatic heterocycles. The Hall–Kier alpha value is -2.92. The van der Waals surface area contributed by atoms with Crippen molar-refractivity contribution in [2.75, 3.05) is 6.61 Å². The molecule has 0 aliphatic rings. The van der Waals surface area contributed by atoms with Crippen LogP contribution in [0.2, 0.25) is 0 Å². The summed E-state index contributed by atoms with van der Waals surface area (Å²) in [7, 11) is 0. The molecule has 0 radical (unpaired) electrons. The molecule has 0 saturated carbocycles. The van der Waals surface area contributed by atoms with Crippen LogP contribution >= 0.6 is 15.9 Å². The topological polar surface area (TPSA) is 50.7 Å². The average molecular weight is 423 g/mol. The molecule has 0 atom stereocenters. The van der Waals surface area contributed by atoms with E-state index in [1.54, 1.807) is 6.21 Å². The maximum Gasteiger partial charge on any atom is 0.258 e. The lowest BCUT2D eigenvalue weighted by Crippen LogP contribution is -2.28. The molecule has 0 aliphatic carbocycles. The maximum atomic E-state index is 11.9. The van der Waals surface area contributed by atoms with E-state index < -0.39 is 0 Å². The zero-order valence-electron chi connectivity index (χ0n) is 14.6. The monoisotopic (exact) mass is 422 g/mol. The van der Waals surface area contributed by atoms with Gasteiger partial charge < -0.3 is 10.1 Å². The van der Waals surface area contributed by atoms with Crippen LogP contribution in [-0.4, -0.2) is 18.7 Å². The van der Waals surface area contributed by atoms with Crippen LogP contribution in [-0.2, 0) is 11.3 Å². The van der Waals surface area contributed by atoms with Gasteiger partial charge in [-0.1, -0.05) is 46.3 Å². The molecule has 0 bridgehead atoms. The summed E-state index contributed by atoms with van der Waals surface area (Å²) in [6.07, 6.45) is 1.79. The Morgan fingerprint density at radius 2 is 1.67 bits per heavy atom. The molecule has 0 aliphatic heterocycles. The highest BCUT2D eigenvalue weighted by Crippen LogP contribution is 2.17. The molecule has 1 N–H and O–H groups in total. The highest BCUT2D eigenvalue weighted by Gasteiger charge is 2.03. The van der Waals surface area contributed by atoms with Gasteiger partial charge in [0.1, 0.15) is 5.75 Å². The number of nitrogens with one attached hydrogen (secondary N) is 1. The summed E-state index contributed by atoms with van der Waals surface area (Å²) in [6.45, 7) is 0.480. The van der Waals surface area contributed by atoms with Crippen LogP contribution in [0.3, 0.4) is 0 Å². The molecule has 1 amide bonds. The van der Waals surface area contributed by atoms with Gasteiger partial charge in [0.05, 0.1) is 5.69 Å². The second kappa shape index (κ2) is 9.69. The number of aliphatic imine (C=N–C) groups is 1. The molecule has 3 aromatic rings. The predicted octanol–water partition coefficient (Wildman–Crippen LogP) is 4.89. The van der Waals surface area contributed by atoms with E-state index in [9.17, 15) is 4.79 Å². The third-order valence-corrected chi connectivity index (χ3v) is 4.30. The first-order chi connectivity index (χ1) is 13.2. The first-order valence-electron chi connectivity index (χ1n) is 8.52. The van der Waals surface area contributed by atoms with E-state index >= 15 is 0 Å². The van der Waals surface area contributed by atoms with Crippen molar-refractivity contribution in [3.05, 3.63) is 94.5 Å². The summed E-state index contributed by atoms with van der Waals surface area (Å²) in [5, 5.41) is 2.83. The molecule has 3 aromatic carbocycles. The SMILES string of the molecule is O=C(COc1ccc(C=Nc2ccc(Br)cc2)cc1)NCc1ccccc1. The van der Waals surface area contributed by atoms with Gasteiger partial charge in [-0.2, -0.15) is 0 Å². The van der Waals surface area contributed by atoms with Crippen molar-refractivity contribution in [3.63, 3.8) is 0 Å². The van der Waals surface area contributed by atoms with E-state index in [0.717, 1.165) is 21.3 Å². The lowest BCUT2D eigenvalue weighted by molar-refractivity contribution is -0.123. The summed E-state index contributed by atoms with van der Waals surface area (Å²) in [5.41, 5.74) is 2.90. The lowest BCUT2D eigenvalue weighted by atomic mass is 10.2. The van der Waals surface area contributed by atoms with Crippen LogP contribution in [0, 0.1) is 0 Å². The van der Waals surface area contributed by atoms with Gasteiger partial charge >= 0.3 is 0 Å². The number of halogens is 1. The van der Waals surface area contributed by atoms with Crippen molar-refractivity contribution in [1.29, 1.82) is 0 Å². The lowest BCUT2D eigenvalue weighted by Gasteiger charge is -2.08. The number of hydrogen-bond acceptors (Lipinski definition) is 3. The zero-order valence-corrected chi connectivity index (χ0v) is 16.2. The summed E-state index contributed by atoms with van der Waals surface area (Å²) >= 11 is 3.40. The minimum Gasteiger partial charge on any atom is -0.484 e. The number of nitrogens with zero attached hydrogens (tertiary/aromatic N) is 1. The molecule has 4 nitrogen and oxygen atoms in total. The zero-order chi connectivity index (χ0) is 18.9. The first-order valence-corrected chi connectivity index (χ1v) is 9.31. The van der Waals surface area contributed by atoms with Gasteiger partial charge in [-0.3, -0.25) is 9.79 Å². The highest BCUT2D eigenvalue weighted by atomic mass is 79.9. The third kappa shape index (κ3) is 6.38. The van der Waals surface area contributed by atoms with Crippen molar-refractivity contribution in [2.24, 2.45) is 4.99 Å². The minimum absolute atomic E-state index is 0.0147. The molecule has 0 fully saturated rings. The molecule has 136 valence electrons. The molecular formula is C22H19BrN2O2. The van der Waals surface area contributed by atoms with E-state index in [1.165, 1.54) is 0 Å². The number of benzene rings is 3. The largest absolute Gasteiger partial charge is 0.484 e. The van der Waals surface area contributed by atoms with Gasteiger partial charge in [-0.25, -0.2) is 0 Å². The molecule has 0 spiro atoms. The molecule has 27 heavy (non-hydrogen) atoms. The quantitative estimate of drug-likeness (QED) is 0.550. The van der Waals surface area contributed by atoms with Crippen LogP contribution < -0.4 is 10.1 Å². The fourth-order valence-corrected chi connectivity index (χ4v) is 2.59. The third-order valence-electron chi connectivity index (χ3n) is 3.77. The normalized spacial score (nSPS) is 10.7. The Kier molecular flexibility index (Phi) is 6.77. The van der Waals surface area contributed by atoms with E-state index in [2.05, 4.69) is 26.2 Å². The van der Waals surface area contributed by atoms with E-state index in [4.69, 9.17) is 4.74 Å². The Morgan fingerprint density at radius 1 is 0.963 bits per heavy atom. The van der Waals surface area contributed by atoms with Crippen LogP contribution in [0.1, 0.15) is 11.1 Å². The number of rotatable bonds is 7. The Balaban J connectivity index is 1.46. The molecule has 0 heterocycles. The van der Waals surface area contributed by atoms with Gasteiger partial charge in [0.25, 0.3) is 5.91 Å². The van der Waals surface area contributed by atoms with Crippen molar-refractivity contribution in [2.45, 2.75) is 6.54 Å². The number of amides is 1. The van der Waals surface area contributed by atoms with E-state index in [-0.39, 0.29) is 12.5 Å². The van der Waals surface area contributed by atoms with Gasteiger partial charge in [-0.15, -0.1) is 0 Å². The standard InChI is InChI=1S/C22H19BrN2O2/c23-19-8-10-20(11-9-19)24-14-18-6-12-21(13-7-18)27-16-22(26)25-15-17-4-2-1-3-5-17/h1-14H,15-16H2,(H,25,26). The summed E-state index contributed by atoms with van der Waals surface area (Å²) in [6, 6.07) is 25.0. The van der Waals surface area contributed by atoms with Crippen molar-refractivity contribution >= 4 is 33.7 Å². The van der Waals surface area contributed by atoms with Crippen LogP contribution in [0.4, 0.5) is 5.69 Å². The van der Waals surface area contributed by atoms with Gasteiger partial charge in [0.2, 0.25) is 0 Å². The summed E-state index contributed by atoms with van der Waals surface area (Å²) < 4.78 is 6.55. The Labute approximate surface area is 167 Å². The van der Waals surface area contributed by atoms with E-state index in [0.29, 0.717) is 12.3 Å². The van der Waals surface area contributed by atoms with Crippen molar-refractivity contribution < 1.29 is 9.53 Å². The Morgan fingerprint density at radius 3 is 2.37 bits per heavy atom. The van der Waals surface area contributed by atoms with Gasteiger partial charge in [-0.05, 0) is 59.7 Å². The number of carbonyl (C=O) groups is 1. The van der Waals surface area contributed by atoms with Crippen LogP contribution in [0.25, 0.3) is 0 Å². The average Bonchev–Trinajstić information content (AvgIpc) is 2.72. The summed E-state index contributed by atoms with van der Waals surface area (Å²) in [5.74, 6) is 0.491. The fraction of sp³-hybridized carbons (Fsp3) is 0.0909. The number of ether oxygens (including phenoxy) is 1. The second-order valence-electron chi connectivity index (χ2n) is 5.85. The molecular weight excluding hydrogens is 404 g/mol. The van der Waals surface area contributed by atoms with Gasteiger partial charge in [0.15, 0.2) is 6.61 Å². The molecule has 0 saturated heterocycles.